The summed E-state index contributed by atoms with van der Waals surface area (Å²) in [4.78, 5) is 2.26. The largest absolute Gasteiger partial charge is 0.367 e. The molecule has 3 heteroatoms. The zero-order chi connectivity index (χ0) is 8.69. The van der Waals surface area contributed by atoms with Crippen LogP contribution >= 0.6 is 0 Å². The molecule has 0 radical (unpaired) electrons. The first-order valence-electron chi connectivity index (χ1n) is 4.23. The van der Waals surface area contributed by atoms with Crippen LogP contribution in [0.25, 0.3) is 0 Å². The van der Waals surface area contributed by atoms with Gasteiger partial charge in [-0.2, -0.15) is 0 Å². The molecule has 1 atom stereocenters. The first-order valence-corrected chi connectivity index (χ1v) is 4.23. The van der Waals surface area contributed by atoms with Gasteiger partial charge < -0.3 is 10.5 Å². The van der Waals surface area contributed by atoms with Gasteiger partial charge in [-0.25, -0.2) is 0 Å². The molecule has 0 aliphatic carbocycles. The van der Waals surface area contributed by atoms with Crippen LogP contribution in [0.2, 0.25) is 0 Å². The van der Waals surface area contributed by atoms with Crippen molar-refractivity contribution in [3.63, 3.8) is 0 Å². The van der Waals surface area contributed by atoms with E-state index >= 15 is 0 Å². The van der Waals surface area contributed by atoms with E-state index in [-0.39, 0.29) is 6.23 Å². The molecule has 2 N–H and O–H groups in total. The van der Waals surface area contributed by atoms with Crippen molar-refractivity contribution in [1.82, 2.24) is 4.90 Å². The zero-order valence-electron chi connectivity index (χ0n) is 7.84. The molecule has 0 bridgehead atoms. The van der Waals surface area contributed by atoms with Gasteiger partial charge >= 0.3 is 0 Å². The maximum Gasteiger partial charge on any atom is 0.107 e. The quantitative estimate of drug-likeness (QED) is 0.580. The van der Waals surface area contributed by atoms with Crippen LogP contribution in [0.5, 0.6) is 0 Å². The minimum atomic E-state index is 0.214. The van der Waals surface area contributed by atoms with Gasteiger partial charge in [0.25, 0.3) is 0 Å². The maximum absolute atomic E-state index is 5.41. The summed E-state index contributed by atoms with van der Waals surface area (Å²) in [6, 6.07) is 0. The van der Waals surface area contributed by atoms with Crippen molar-refractivity contribution >= 4 is 0 Å². The molecule has 0 saturated heterocycles. The molecule has 3 nitrogen and oxygen atoms in total. The Hall–Kier alpha value is -0.120. The van der Waals surface area contributed by atoms with Gasteiger partial charge in [0.05, 0.1) is 0 Å². The first-order chi connectivity index (χ1) is 5.26. The molecule has 0 aliphatic rings. The van der Waals surface area contributed by atoms with Gasteiger partial charge in [0.1, 0.15) is 6.23 Å². The Kier molecular flexibility index (Phi) is 6.51. The lowest BCUT2D eigenvalue weighted by atomic mass is 10.3. The van der Waals surface area contributed by atoms with Crippen LogP contribution in [0.15, 0.2) is 0 Å². The summed E-state index contributed by atoms with van der Waals surface area (Å²) in [6.07, 6.45) is 1.26. The molecule has 0 fully saturated rings. The Morgan fingerprint density at radius 2 is 2.18 bits per heavy atom. The summed E-state index contributed by atoms with van der Waals surface area (Å²) in [6.45, 7) is 7.00. The van der Waals surface area contributed by atoms with Gasteiger partial charge in [-0.15, -0.1) is 0 Å². The molecule has 0 rings (SSSR count). The zero-order valence-corrected chi connectivity index (χ0v) is 7.84. The highest BCUT2D eigenvalue weighted by atomic mass is 16.5. The van der Waals surface area contributed by atoms with E-state index in [1.165, 1.54) is 0 Å². The third-order valence-corrected chi connectivity index (χ3v) is 1.91. The minimum absolute atomic E-state index is 0.214. The summed E-state index contributed by atoms with van der Waals surface area (Å²) in [5.41, 5.74) is 5.41. The summed E-state index contributed by atoms with van der Waals surface area (Å²) in [5.74, 6) is 0. The topological polar surface area (TPSA) is 38.5 Å². The third-order valence-electron chi connectivity index (χ3n) is 1.91. The van der Waals surface area contributed by atoms with Crippen LogP contribution in [0, 0.1) is 0 Å². The fourth-order valence-corrected chi connectivity index (χ4v) is 1.04. The van der Waals surface area contributed by atoms with E-state index < -0.39 is 0 Å². The number of nitrogens with two attached hydrogens (primary N) is 1. The normalized spacial score (nSPS) is 13.9. The van der Waals surface area contributed by atoms with E-state index in [1.54, 1.807) is 7.11 Å². The highest BCUT2D eigenvalue weighted by molar-refractivity contribution is 4.56. The third kappa shape index (κ3) is 4.35. The molecule has 0 heterocycles. The second kappa shape index (κ2) is 6.58. The van der Waals surface area contributed by atoms with E-state index in [2.05, 4.69) is 18.7 Å². The van der Waals surface area contributed by atoms with Crippen LogP contribution in [-0.2, 0) is 4.74 Å². The number of hydrogen-bond donors (Lipinski definition) is 1. The van der Waals surface area contributed by atoms with Crippen molar-refractivity contribution in [2.24, 2.45) is 5.73 Å². The smallest absolute Gasteiger partial charge is 0.107 e. The van der Waals surface area contributed by atoms with Gasteiger partial charge in [0, 0.05) is 13.7 Å². The van der Waals surface area contributed by atoms with E-state index in [1.807, 2.05) is 0 Å². The van der Waals surface area contributed by atoms with Gasteiger partial charge in [-0.1, -0.05) is 6.92 Å². The summed E-state index contributed by atoms with van der Waals surface area (Å²) < 4.78 is 5.19. The molecule has 0 spiro atoms. The standard InChI is InChI=1S/C8H20N2O/c1-4-10(7-5-6-9)8(2)11-3/h8H,4-7,9H2,1-3H3. The number of nitrogens with zero attached hydrogens (tertiary/aromatic N) is 1. The lowest BCUT2D eigenvalue weighted by Crippen LogP contribution is -2.35. The van der Waals surface area contributed by atoms with Crippen molar-refractivity contribution in [3.05, 3.63) is 0 Å². The molecule has 0 aliphatic heterocycles. The molecular formula is C8H20N2O. The van der Waals surface area contributed by atoms with E-state index in [4.69, 9.17) is 10.5 Å². The van der Waals surface area contributed by atoms with Crippen molar-refractivity contribution in [2.45, 2.75) is 26.5 Å². The molecule has 11 heavy (non-hydrogen) atoms. The molecule has 1 unspecified atom stereocenters. The number of ether oxygens (including phenoxy) is 1. The molecule has 0 aromatic carbocycles. The molecule has 68 valence electrons. The second-order valence-corrected chi connectivity index (χ2v) is 2.61. The molecule has 0 aromatic rings. The monoisotopic (exact) mass is 160 g/mol. The Balaban J connectivity index is 3.56. The Labute approximate surface area is 69.5 Å². The lowest BCUT2D eigenvalue weighted by molar-refractivity contribution is -0.0160. The summed E-state index contributed by atoms with van der Waals surface area (Å²) in [7, 11) is 1.73. The van der Waals surface area contributed by atoms with Gasteiger partial charge in [-0.05, 0) is 26.4 Å². The fourth-order valence-electron chi connectivity index (χ4n) is 1.04. The predicted molar refractivity (Wildman–Crippen MR) is 47.4 cm³/mol. The van der Waals surface area contributed by atoms with E-state index in [0.717, 1.165) is 26.1 Å². The van der Waals surface area contributed by atoms with Gasteiger partial charge in [-0.3, -0.25) is 4.90 Å². The number of methoxy groups -OCH3 is 1. The molecular weight excluding hydrogens is 140 g/mol. The highest BCUT2D eigenvalue weighted by Crippen LogP contribution is 1.99. The van der Waals surface area contributed by atoms with Crippen LogP contribution in [0.4, 0.5) is 0 Å². The van der Waals surface area contributed by atoms with E-state index in [0.29, 0.717) is 0 Å². The van der Waals surface area contributed by atoms with Crippen molar-refractivity contribution < 1.29 is 4.74 Å². The number of rotatable bonds is 6. The summed E-state index contributed by atoms with van der Waals surface area (Å²) >= 11 is 0. The van der Waals surface area contributed by atoms with Crippen LogP contribution in [0.1, 0.15) is 20.3 Å². The SMILES string of the molecule is CCN(CCCN)C(C)OC. The average molecular weight is 160 g/mol. The van der Waals surface area contributed by atoms with Crippen molar-refractivity contribution in [3.8, 4) is 0 Å². The van der Waals surface area contributed by atoms with Crippen LogP contribution in [-0.4, -0.2) is 37.9 Å². The number of hydrogen-bond acceptors (Lipinski definition) is 3. The van der Waals surface area contributed by atoms with Gasteiger partial charge in [0.2, 0.25) is 0 Å². The van der Waals surface area contributed by atoms with Gasteiger partial charge in [0.15, 0.2) is 0 Å². The Bertz CT molecular complexity index is 88.2. The minimum Gasteiger partial charge on any atom is -0.367 e. The Morgan fingerprint density at radius 1 is 1.55 bits per heavy atom. The van der Waals surface area contributed by atoms with Crippen molar-refractivity contribution in [2.75, 3.05) is 26.7 Å². The average Bonchev–Trinajstić information content (AvgIpc) is 2.05. The maximum atomic E-state index is 5.41. The summed E-state index contributed by atoms with van der Waals surface area (Å²) in [5, 5.41) is 0. The van der Waals surface area contributed by atoms with E-state index in [9.17, 15) is 0 Å². The predicted octanol–water partition coefficient (Wildman–Crippen LogP) is 0.649. The lowest BCUT2D eigenvalue weighted by Gasteiger charge is -2.25. The molecule has 0 aromatic heterocycles. The van der Waals surface area contributed by atoms with Crippen LogP contribution in [0.3, 0.4) is 0 Å². The first kappa shape index (κ1) is 10.9. The fraction of sp³-hybridized carbons (Fsp3) is 1.00. The Morgan fingerprint density at radius 3 is 2.55 bits per heavy atom. The molecule has 0 saturated carbocycles. The van der Waals surface area contributed by atoms with Crippen LogP contribution < -0.4 is 5.73 Å². The second-order valence-electron chi connectivity index (χ2n) is 2.61. The molecule has 0 amide bonds. The van der Waals surface area contributed by atoms with Crippen molar-refractivity contribution in [1.29, 1.82) is 0 Å². The highest BCUT2D eigenvalue weighted by Gasteiger charge is 2.08.